The highest BCUT2D eigenvalue weighted by atomic mass is 16.6. The molecule has 0 spiro atoms. The van der Waals surface area contributed by atoms with E-state index in [1.807, 2.05) is 0 Å². The molecular formula is C59H100O6. The molecule has 0 bridgehead atoms. The lowest BCUT2D eigenvalue weighted by Crippen LogP contribution is -2.30. The topological polar surface area (TPSA) is 78.9 Å². The number of rotatable bonds is 48. The highest BCUT2D eigenvalue weighted by Crippen LogP contribution is 2.14. The second-order valence-corrected chi connectivity index (χ2v) is 17.7. The molecule has 0 N–H and O–H groups in total. The zero-order valence-electron chi connectivity index (χ0n) is 42.5. The van der Waals surface area contributed by atoms with E-state index in [0.717, 1.165) is 135 Å². The first-order valence-electron chi connectivity index (χ1n) is 27.1. The average molecular weight is 905 g/mol. The van der Waals surface area contributed by atoms with Crippen molar-refractivity contribution >= 4 is 17.9 Å². The Balaban J connectivity index is 4.44. The summed E-state index contributed by atoms with van der Waals surface area (Å²) in [6.45, 7) is 6.38. The molecule has 0 rings (SSSR count). The molecule has 0 fully saturated rings. The molecule has 65 heavy (non-hydrogen) atoms. The third kappa shape index (κ3) is 51.4. The molecule has 0 radical (unpaired) electrons. The fourth-order valence-corrected chi connectivity index (χ4v) is 7.35. The number of hydrogen-bond donors (Lipinski definition) is 0. The molecule has 372 valence electrons. The molecule has 6 nitrogen and oxygen atoms in total. The first-order valence-corrected chi connectivity index (χ1v) is 27.1. The highest BCUT2D eigenvalue weighted by molar-refractivity contribution is 5.71. The number of esters is 3. The van der Waals surface area contributed by atoms with Gasteiger partial charge in [0.05, 0.1) is 0 Å². The number of hydrogen-bond acceptors (Lipinski definition) is 6. The molecule has 0 saturated carbocycles. The smallest absolute Gasteiger partial charge is 0.306 e. The minimum atomic E-state index is -0.795. The number of carbonyl (C=O) groups excluding carboxylic acids is 3. The van der Waals surface area contributed by atoms with Crippen LogP contribution in [0.15, 0.2) is 85.1 Å². The minimum Gasteiger partial charge on any atom is -0.462 e. The Hall–Kier alpha value is -3.41. The maximum atomic E-state index is 12.8. The van der Waals surface area contributed by atoms with Crippen LogP contribution in [0.25, 0.3) is 0 Å². The van der Waals surface area contributed by atoms with Crippen LogP contribution in [0.4, 0.5) is 0 Å². The van der Waals surface area contributed by atoms with Crippen molar-refractivity contribution in [2.75, 3.05) is 13.2 Å². The second-order valence-electron chi connectivity index (χ2n) is 17.7. The maximum Gasteiger partial charge on any atom is 0.306 e. The molecule has 0 aromatic rings. The van der Waals surface area contributed by atoms with Crippen molar-refractivity contribution in [3.05, 3.63) is 85.1 Å². The Morgan fingerprint density at radius 1 is 0.323 bits per heavy atom. The van der Waals surface area contributed by atoms with Crippen LogP contribution in [-0.4, -0.2) is 37.2 Å². The quantitative estimate of drug-likeness (QED) is 0.0262. The summed E-state index contributed by atoms with van der Waals surface area (Å²) in [5.74, 6) is -0.928. The lowest BCUT2D eigenvalue weighted by Gasteiger charge is -2.18. The summed E-state index contributed by atoms with van der Waals surface area (Å²) in [5.41, 5.74) is 0. The molecule has 0 aromatic carbocycles. The van der Waals surface area contributed by atoms with Gasteiger partial charge in [0.2, 0.25) is 0 Å². The zero-order valence-corrected chi connectivity index (χ0v) is 42.5. The Morgan fingerprint density at radius 3 is 0.954 bits per heavy atom. The predicted molar refractivity (Wildman–Crippen MR) is 279 cm³/mol. The van der Waals surface area contributed by atoms with E-state index in [9.17, 15) is 14.4 Å². The van der Waals surface area contributed by atoms with E-state index in [1.165, 1.54) is 77.0 Å². The summed E-state index contributed by atoms with van der Waals surface area (Å²) in [4.78, 5) is 38.1. The summed E-state index contributed by atoms with van der Waals surface area (Å²) < 4.78 is 16.8. The van der Waals surface area contributed by atoms with E-state index in [0.29, 0.717) is 19.3 Å². The second kappa shape index (κ2) is 53.2. The fraction of sp³-hybridized carbons (Fsp3) is 0.712. The summed E-state index contributed by atoms with van der Waals surface area (Å²) in [6.07, 6.45) is 68.5. The lowest BCUT2D eigenvalue weighted by atomic mass is 10.1. The van der Waals surface area contributed by atoms with Crippen LogP contribution in [-0.2, 0) is 28.6 Å². The molecule has 0 aliphatic rings. The van der Waals surface area contributed by atoms with Crippen molar-refractivity contribution < 1.29 is 28.6 Å². The van der Waals surface area contributed by atoms with Gasteiger partial charge < -0.3 is 14.2 Å². The van der Waals surface area contributed by atoms with E-state index in [1.54, 1.807) is 0 Å². The van der Waals surface area contributed by atoms with Gasteiger partial charge in [-0.25, -0.2) is 0 Å². The van der Waals surface area contributed by atoms with E-state index < -0.39 is 6.10 Å². The van der Waals surface area contributed by atoms with E-state index >= 15 is 0 Å². The normalized spacial score (nSPS) is 12.7. The molecule has 0 amide bonds. The molecule has 0 saturated heterocycles. The molecule has 1 atom stereocenters. The van der Waals surface area contributed by atoms with Crippen LogP contribution in [0.2, 0.25) is 0 Å². The summed E-state index contributed by atoms with van der Waals surface area (Å²) in [5, 5.41) is 0. The summed E-state index contributed by atoms with van der Waals surface area (Å²) in [6, 6.07) is 0. The number of unbranched alkanes of at least 4 members (excludes halogenated alkanes) is 23. The van der Waals surface area contributed by atoms with Gasteiger partial charge in [0.1, 0.15) is 13.2 Å². The summed E-state index contributed by atoms with van der Waals surface area (Å²) >= 11 is 0. The SMILES string of the molecule is CC/C=C\C/C=C\C/C=C\CCCCCCCC(=O)OC[C@H](COC(=O)CCCCCCCCC/C=C\CCCCCCCC)OC(=O)CCCCCCC/C=C\C/C=C\C/C=C\CC. The largest absolute Gasteiger partial charge is 0.462 e. The molecule has 0 aliphatic carbocycles. The van der Waals surface area contributed by atoms with E-state index in [2.05, 4.69) is 106 Å². The first-order chi connectivity index (χ1) is 32.0. The standard InChI is InChI=1S/C59H100O6/c1-4-7-10-13-16-19-22-25-28-29-32-34-37-40-43-46-49-52-58(61)64-55-56(65-59(62)53-50-47-44-41-38-35-31-27-24-21-18-15-12-9-6-3)54-63-57(60)51-48-45-42-39-36-33-30-26-23-20-17-14-11-8-5-2/h8-9,11-12,17-18,20-21,25-28,30-31,56H,4-7,10,13-16,19,22-24,29,32-55H2,1-3H3/b11-8-,12-9-,20-17-,21-18-,28-25-,30-26-,31-27-/t56-/m1/s1. The van der Waals surface area contributed by atoms with Crippen molar-refractivity contribution in [3.63, 3.8) is 0 Å². The monoisotopic (exact) mass is 905 g/mol. The van der Waals surface area contributed by atoms with Crippen molar-refractivity contribution in [1.82, 2.24) is 0 Å². The van der Waals surface area contributed by atoms with Crippen molar-refractivity contribution in [2.45, 2.75) is 258 Å². The number of allylic oxidation sites excluding steroid dienone is 14. The van der Waals surface area contributed by atoms with Gasteiger partial charge in [0, 0.05) is 19.3 Å². The minimum absolute atomic E-state index is 0.0918. The van der Waals surface area contributed by atoms with Crippen LogP contribution >= 0.6 is 0 Å². The van der Waals surface area contributed by atoms with Gasteiger partial charge in [0.25, 0.3) is 0 Å². The molecular weight excluding hydrogens is 805 g/mol. The van der Waals surface area contributed by atoms with Gasteiger partial charge in [-0.15, -0.1) is 0 Å². The van der Waals surface area contributed by atoms with Crippen LogP contribution in [0.1, 0.15) is 252 Å². The predicted octanol–water partition coefficient (Wildman–Crippen LogP) is 18.0. The Kier molecular flexibility index (Phi) is 50.4. The fourth-order valence-electron chi connectivity index (χ4n) is 7.35. The molecule has 6 heteroatoms. The maximum absolute atomic E-state index is 12.8. The van der Waals surface area contributed by atoms with Crippen molar-refractivity contribution in [2.24, 2.45) is 0 Å². The number of carbonyl (C=O) groups is 3. The third-order valence-electron chi connectivity index (χ3n) is 11.4. The van der Waals surface area contributed by atoms with Gasteiger partial charge in [-0.2, -0.15) is 0 Å². The lowest BCUT2D eigenvalue weighted by molar-refractivity contribution is -0.167. The molecule has 0 aromatic heterocycles. The van der Waals surface area contributed by atoms with E-state index in [-0.39, 0.29) is 31.1 Å². The first kappa shape index (κ1) is 61.6. The van der Waals surface area contributed by atoms with Gasteiger partial charge in [-0.05, 0) is 109 Å². The number of ether oxygens (including phenoxy) is 3. The Bertz CT molecular complexity index is 1270. The van der Waals surface area contributed by atoms with Gasteiger partial charge in [-0.3, -0.25) is 14.4 Å². The van der Waals surface area contributed by atoms with Crippen molar-refractivity contribution in [1.29, 1.82) is 0 Å². The van der Waals surface area contributed by atoms with Crippen molar-refractivity contribution in [3.8, 4) is 0 Å². The third-order valence-corrected chi connectivity index (χ3v) is 11.4. The van der Waals surface area contributed by atoms with Crippen LogP contribution in [0.5, 0.6) is 0 Å². The zero-order chi connectivity index (χ0) is 47.2. The van der Waals surface area contributed by atoms with Crippen LogP contribution in [0.3, 0.4) is 0 Å². The van der Waals surface area contributed by atoms with Gasteiger partial charge >= 0.3 is 17.9 Å². The summed E-state index contributed by atoms with van der Waals surface area (Å²) in [7, 11) is 0. The Morgan fingerprint density at radius 2 is 0.600 bits per heavy atom. The molecule has 0 heterocycles. The molecule has 0 unspecified atom stereocenters. The highest BCUT2D eigenvalue weighted by Gasteiger charge is 2.19. The van der Waals surface area contributed by atoms with Crippen LogP contribution in [0, 0.1) is 0 Å². The van der Waals surface area contributed by atoms with E-state index in [4.69, 9.17) is 14.2 Å². The average Bonchev–Trinajstić information content (AvgIpc) is 3.30. The molecule has 0 aliphatic heterocycles. The van der Waals surface area contributed by atoms with Crippen LogP contribution < -0.4 is 0 Å². The van der Waals surface area contributed by atoms with Gasteiger partial charge in [0.15, 0.2) is 6.10 Å². The van der Waals surface area contributed by atoms with Gasteiger partial charge in [-0.1, -0.05) is 209 Å². The Labute approximate surface area is 401 Å².